The van der Waals surface area contributed by atoms with E-state index in [2.05, 4.69) is 37.1 Å². The fourth-order valence-electron chi connectivity index (χ4n) is 2.30. The van der Waals surface area contributed by atoms with Gasteiger partial charge in [0.05, 0.1) is 0 Å². The number of aliphatic hydroxyl groups is 1. The third kappa shape index (κ3) is 5.36. The zero-order chi connectivity index (χ0) is 15.0. The maximum absolute atomic E-state index is 10.7. The van der Waals surface area contributed by atoms with Gasteiger partial charge < -0.3 is 10.4 Å². The van der Waals surface area contributed by atoms with Gasteiger partial charge in [-0.25, -0.2) is 0 Å². The second-order valence-corrected chi connectivity index (χ2v) is 5.48. The Morgan fingerprint density at radius 3 is 2.65 bits per heavy atom. The molecule has 2 nitrogen and oxygen atoms in total. The van der Waals surface area contributed by atoms with Crippen LogP contribution in [0.5, 0.6) is 0 Å². The molecule has 2 heteroatoms. The first kappa shape index (κ1) is 16.8. The van der Waals surface area contributed by atoms with Crippen LogP contribution in [0.2, 0.25) is 0 Å². The Bertz CT molecular complexity index is 472. The van der Waals surface area contributed by atoms with Gasteiger partial charge in [0.2, 0.25) is 0 Å². The minimum Gasteiger partial charge on any atom is -0.378 e. The van der Waals surface area contributed by atoms with Crippen LogP contribution in [0.4, 0.5) is 0 Å². The van der Waals surface area contributed by atoms with Crippen LogP contribution >= 0.6 is 0 Å². The van der Waals surface area contributed by atoms with E-state index >= 15 is 0 Å². The highest BCUT2D eigenvalue weighted by molar-refractivity contribution is 5.38. The molecule has 0 bridgehead atoms. The second-order valence-electron chi connectivity index (χ2n) is 5.48. The molecule has 2 N–H and O–H groups in total. The molecular weight excluding hydrogens is 246 g/mol. The molecule has 0 saturated heterocycles. The number of rotatable bonds is 6. The molecule has 2 atom stereocenters. The molecule has 2 unspecified atom stereocenters. The van der Waals surface area contributed by atoms with Crippen molar-refractivity contribution in [2.45, 2.75) is 58.1 Å². The first-order valence-electron chi connectivity index (χ1n) is 7.52. The van der Waals surface area contributed by atoms with Crippen molar-refractivity contribution in [3.8, 4) is 11.8 Å². The van der Waals surface area contributed by atoms with Crippen molar-refractivity contribution < 1.29 is 5.11 Å². The van der Waals surface area contributed by atoms with Crippen molar-refractivity contribution in [3.63, 3.8) is 0 Å². The molecule has 0 heterocycles. The molecule has 1 rings (SSSR count). The summed E-state index contributed by atoms with van der Waals surface area (Å²) < 4.78 is 0. The summed E-state index contributed by atoms with van der Waals surface area (Å²) in [7, 11) is 1.95. The smallest absolute Gasteiger partial charge is 0.127 e. The molecule has 20 heavy (non-hydrogen) atoms. The standard InChI is InChI=1S/C18H27NO/c1-5-8-17(19-4)14-18(20,6-2)12-11-16-10-7-9-15(3)13-16/h7,9-10,13,17,19-20H,5-6,8,14H2,1-4H3. The summed E-state index contributed by atoms with van der Waals surface area (Å²) >= 11 is 0. The van der Waals surface area contributed by atoms with Crippen molar-refractivity contribution in [2.75, 3.05) is 7.05 Å². The number of hydrogen-bond acceptors (Lipinski definition) is 2. The van der Waals surface area contributed by atoms with Gasteiger partial charge in [0.1, 0.15) is 5.60 Å². The van der Waals surface area contributed by atoms with E-state index in [1.807, 2.05) is 32.2 Å². The van der Waals surface area contributed by atoms with Crippen LogP contribution in [0.3, 0.4) is 0 Å². The van der Waals surface area contributed by atoms with Gasteiger partial charge in [0.25, 0.3) is 0 Å². The molecule has 1 aromatic rings. The van der Waals surface area contributed by atoms with E-state index in [0.717, 1.165) is 18.4 Å². The van der Waals surface area contributed by atoms with E-state index in [1.165, 1.54) is 5.56 Å². The van der Waals surface area contributed by atoms with Crippen LogP contribution in [-0.2, 0) is 0 Å². The van der Waals surface area contributed by atoms with Gasteiger partial charge in [0.15, 0.2) is 0 Å². The van der Waals surface area contributed by atoms with Gasteiger partial charge in [-0.05, 0) is 44.5 Å². The maximum Gasteiger partial charge on any atom is 0.127 e. The molecule has 1 aromatic carbocycles. The zero-order valence-corrected chi connectivity index (χ0v) is 13.2. The van der Waals surface area contributed by atoms with Gasteiger partial charge in [-0.3, -0.25) is 0 Å². The number of benzene rings is 1. The highest BCUT2D eigenvalue weighted by Crippen LogP contribution is 2.19. The summed E-state index contributed by atoms with van der Waals surface area (Å²) in [6.07, 6.45) is 3.49. The Hall–Kier alpha value is -1.30. The molecule has 0 radical (unpaired) electrons. The van der Waals surface area contributed by atoms with E-state index in [9.17, 15) is 5.11 Å². The SMILES string of the molecule is CCCC(CC(O)(C#Cc1cccc(C)c1)CC)NC. The van der Waals surface area contributed by atoms with Crippen molar-refractivity contribution in [3.05, 3.63) is 35.4 Å². The first-order valence-corrected chi connectivity index (χ1v) is 7.52. The first-order chi connectivity index (χ1) is 9.53. The third-order valence-corrected chi connectivity index (χ3v) is 3.67. The minimum atomic E-state index is -0.910. The predicted octanol–water partition coefficient (Wildman–Crippen LogP) is 3.27. The average Bonchev–Trinajstić information content (AvgIpc) is 2.45. The Kier molecular flexibility index (Phi) is 6.78. The quantitative estimate of drug-likeness (QED) is 0.780. The van der Waals surface area contributed by atoms with E-state index in [-0.39, 0.29) is 0 Å². The Morgan fingerprint density at radius 1 is 1.35 bits per heavy atom. The average molecular weight is 273 g/mol. The summed E-state index contributed by atoms with van der Waals surface area (Å²) in [5.41, 5.74) is 1.25. The largest absolute Gasteiger partial charge is 0.378 e. The Morgan fingerprint density at radius 2 is 2.10 bits per heavy atom. The molecule has 0 spiro atoms. The summed E-state index contributed by atoms with van der Waals surface area (Å²) in [6.45, 7) is 6.20. The van der Waals surface area contributed by atoms with Gasteiger partial charge in [-0.15, -0.1) is 0 Å². The lowest BCUT2D eigenvalue weighted by atomic mass is 9.90. The highest BCUT2D eigenvalue weighted by atomic mass is 16.3. The normalized spacial score (nSPS) is 15.1. The number of hydrogen-bond donors (Lipinski definition) is 2. The molecular formula is C18H27NO. The van der Waals surface area contributed by atoms with Gasteiger partial charge in [0, 0.05) is 18.0 Å². The van der Waals surface area contributed by atoms with Crippen molar-refractivity contribution in [1.82, 2.24) is 5.32 Å². The van der Waals surface area contributed by atoms with E-state index in [4.69, 9.17) is 0 Å². The van der Waals surface area contributed by atoms with Crippen molar-refractivity contribution >= 4 is 0 Å². The molecule has 0 saturated carbocycles. The van der Waals surface area contributed by atoms with E-state index < -0.39 is 5.60 Å². The zero-order valence-electron chi connectivity index (χ0n) is 13.2. The summed E-state index contributed by atoms with van der Waals surface area (Å²) in [6, 6.07) is 8.40. The van der Waals surface area contributed by atoms with Crippen molar-refractivity contribution in [1.29, 1.82) is 0 Å². The third-order valence-electron chi connectivity index (χ3n) is 3.67. The predicted molar refractivity (Wildman–Crippen MR) is 85.7 cm³/mol. The molecule has 0 amide bonds. The maximum atomic E-state index is 10.7. The van der Waals surface area contributed by atoms with Gasteiger partial charge in [-0.2, -0.15) is 0 Å². The summed E-state index contributed by atoms with van der Waals surface area (Å²) in [4.78, 5) is 0. The van der Waals surface area contributed by atoms with Crippen LogP contribution in [-0.4, -0.2) is 23.8 Å². The Balaban J connectivity index is 2.84. The molecule has 0 aliphatic carbocycles. The van der Waals surface area contributed by atoms with Crippen LogP contribution in [0.15, 0.2) is 24.3 Å². The summed E-state index contributed by atoms with van der Waals surface area (Å²) in [5, 5.41) is 13.9. The van der Waals surface area contributed by atoms with E-state index in [0.29, 0.717) is 18.9 Å². The molecule has 0 aromatic heterocycles. The summed E-state index contributed by atoms with van der Waals surface area (Å²) in [5.74, 6) is 6.20. The van der Waals surface area contributed by atoms with Crippen LogP contribution in [0, 0.1) is 18.8 Å². The fraction of sp³-hybridized carbons (Fsp3) is 0.556. The topological polar surface area (TPSA) is 32.3 Å². The molecule has 0 fully saturated rings. The lowest BCUT2D eigenvalue weighted by molar-refractivity contribution is 0.0750. The van der Waals surface area contributed by atoms with Gasteiger partial charge >= 0.3 is 0 Å². The lowest BCUT2D eigenvalue weighted by Gasteiger charge is -2.26. The van der Waals surface area contributed by atoms with Crippen molar-refractivity contribution in [2.24, 2.45) is 0 Å². The van der Waals surface area contributed by atoms with E-state index in [1.54, 1.807) is 0 Å². The second kappa shape index (κ2) is 8.09. The Labute approximate surface area is 123 Å². The lowest BCUT2D eigenvalue weighted by Crippen LogP contribution is -2.37. The monoisotopic (exact) mass is 273 g/mol. The molecule has 0 aliphatic rings. The van der Waals surface area contributed by atoms with Crippen LogP contribution in [0.1, 0.15) is 50.7 Å². The number of nitrogens with one attached hydrogen (secondary N) is 1. The number of aryl methyl sites for hydroxylation is 1. The van der Waals surface area contributed by atoms with Crippen LogP contribution in [0.25, 0.3) is 0 Å². The molecule has 110 valence electrons. The highest BCUT2D eigenvalue weighted by Gasteiger charge is 2.25. The van der Waals surface area contributed by atoms with Gasteiger partial charge in [-0.1, -0.05) is 44.2 Å². The fourth-order valence-corrected chi connectivity index (χ4v) is 2.30. The molecule has 0 aliphatic heterocycles. The minimum absolute atomic E-state index is 0.316. The van der Waals surface area contributed by atoms with Crippen LogP contribution < -0.4 is 5.32 Å².